The van der Waals surface area contributed by atoms with Crippen LogP contribution >= 0.6 is 0 Å². The Morgan fingerprint density at radius 2 is 1.73 bits per heavy atom. The van der Waals surface area contributed by atoms with Crippen molar-refractivity contribution in [2.75, 3.05) is 6.61 Å². The molecule has 4 N–H and O–H groups in total. The monoisotopic (exact) mass is 574 g/mol. The van der Waals surface area contributed by atoms with Crippen molar-refractivity contribution in [1.29, 1.82) is 0 Å². The van der Waals surface area contributed by atoms with Crippen molar-refractivity contribution >= 4 is 0 Å². The molecular weight excluding hydrogens is 516 g/mol. The van der Waals surface area contributed by atoms with Crippen molar-refractivity contribution in [2.45, 2.75) is 136 Å². The van der Waals surface area contributed by atoms with E-state index in [4.69, 9.17) is 9.47 Å². The fourth-order valence-corrected chi connectivity index (χ4v) is 10.3. The summed E-state index contributed by atoms with van der Waals surface area (Å²) >= 11 is 0. The highest BCUT2D eigenvalue weighted by Crippen LogP contribution is 2.67. The van der Waals surface area contributed by atoms with E-state index in [1.165, 1.54) is 37.7 Å². The van der Waals surface area contributed by atoms with Crippen molar-refractivity contribution in [2.24, 2.45) is 52.3 Å². The standard InChI is InChI=1S/C35H58O6/c1-7-22(20(2)3)9-8-21(4)26-12-13-27-25-11-10-23-18-24(14-16-34(23,5)28(25)15-17-35(26,27)6)40-33-32(39)31(38)30(37)29(19-36)41-33/h8-10,20-22,24-33,36-39H,7,11-19H2,1-6H3/t21?,22?,24?,25?,26?,27?,28?,29?,30?,31?,32?,33?,34-,35+/m0/s1. The fourth-order valence-electron chi connectivity index (χ4n) is 10.3. The highest BCUT2D eigenvalue weighted by molar-refractivity contribution is 5.25. The Labute approximate surface area is 248 Å². The minimum absolute atomic E-state index is 0.109. The molecule has 0 radical (unpaired) electrons. The third kappa shape index (κ3) is 5.64. The van der Waals surface area contributed by atoms with E-state index >= 15 is 0 Å². The molecule has 0 aromatic heterocycles. The van der Waals surface area contributed by atoms with Crippen LogP contribution in [0.15, 0.2) is 23.8 Å². The number of ether oxygens (including phenoxy) is 2. The summed E-state index contributed by atoms with van der Waals surface area (Å²) in [6, 6.07) is 0. The van der Waals surface area contributed by atoms with E-state index in [0.717, 1.165) is 43.4 Å². The van der Waals surface area contributed by atoms with Gasteiger partial charge in [0.05, 0.1) is 12.7 Å². The molecule has 6 heteroatoms. The number of fused-ring (bicyclic) bond motifs is 5. The maximum atomic E-state index is 10.5. The van der Waals surface area contributed by atoms with Crippen LogP contribution < -0.4 is 0 Å². The van der Waals surface area contributed by atoms with Gasteiger partial charge in [-0.15, -0.1) is 0 Å². The SMILES string of the molecule is CCC(C=CC(C)C1CCC2C3CC=C4CC(OC5OC(CO)C(O)C(O)C5O)CC[C@]4(C)C3CC[C@]12C)C(C)C. The van der Waals surface area contributed by atoms with Gasteiger partial charge in [0.2, 0.25) is 0 Å². The van der Waals surface area contributed by atoms with E-state index < -0.39 is 37.3 Å². The molecule has 41 heavy (non-hydrogen) atoms. The second kappa shape index (κ2) is 12.3. The third-order valence-electron chi connectivity index (χ3n) is 12.9. The lowest BCUT2D eigenvalue weighted by Gasteiger charge is -2.58. The fraction of sp³-hybridized carbons (Fsp3) is 0.886. The van der Waals surface area contributed by atoms with Crippen molar-refractivity contribution in [1.82, 2.24) is 0 Å². The van der Waals surface area contributed by atoms with Gasteiger partial charge in [-0.05, 0) is 110 Å². The lowest BCUT2D eigenvalue weighted by Crippen LogP contribution is -2.60. The molecule has 4 aliphatic carbocycles. The predicted octanol–water partition coefficient (Wildman–Crippen LogP) is 5.63. The molecule has 1 saturated heterocycles. The van der Waals surface area contributed by atoms with Crippen LogP contribution in [0.1, 0.15) is 99.3 Å². The van der Waals surface area contributed by atoms with Crippen LogP contribution in [0.2, 0.25) is 0 Å². The Kier molecular flexibility index (Phi) is 9.51. The Balaban J connectivity index is 1.26. The molecule has 0 spiro atoms. The zero-order chi connectivity index (χ0) is 29.7. The predicted molar refractivity (Wildman–Crippen MR) is 161 cm³/mol. The van der Waals surface area contributed by atoms with Gasteiger partial charge in [-0.3, -0.25) is 0 Å². The van der Waals surface area contributed by atoms with Gasteiger partial charge in [-0.1, -0.05) is 65.3 Å². The number of hydrogen-bond acceptors (Lipinski definition) is 6. The Morgan fingerprint density at radius 3 is 2.41 bits per heavy atom. The third-order valence-corrected chi connectivity index (χ3v) is 12.9. The largest absolute Gasteiger partial charge is 0.394 e. The molecule has 4 fully saturated rings. The summed E-state index contributed by atoms with van der Waals surface area (Å²) in [4.78, 5) is 0. The van der Waals surface area contributed by atoms with Gasteiger partial charge < -0.3 is 29.9 Å². The van der Waals surface area contributed by atoms with Crippen LogP contribution in [-0.2, 0) is 9.47 Å². The molecule has 14 atom stereocenters. The summed E-state index contributed by atoms with van der Waals surface area (Å²) in [6.07, 6.45) is 11.9. The van der Waals surface area contributed by atoms with Gasteiger partial charge in [0, 0.05) is 0 Å². The first kappa shape index (κ1) is 31.7. The molecule has 5 aliphatic rings. The first-order chi connectivity index (χ1) is 19.4. The Hall–Kier alpha value is -0.760. The highest BCUT2D eigenvalue weighted by Gasteiger charge is 2.59. The molecular formula is C35H58O6. The van der Waals surface area contributed by atoms with E-state index in [9.17, 15) is 20.4 Å². The lowest BCUT2D eigenvalue weighted by atomic mass is 9.47. The van der Waals surface area contributed by atoms with Crippen LogP contribution in [0.25, 0.3) is 0 Å². The molecule has 1 aliphatic heterocycles. The topological polar surface area (TPSA) is 99.4 Å². The molecule has 1 heterocycles. The number of aliphatic hydroxyl groups is 4. The molecule has 0 bridgehead atoms. The summed E-state index contributed by atoms with van der Waals surface area (Å²) in [5.74, 6) is 5.05. The average Bonchev–Trinajstić information content (AvgIpc) is 3.30. The Bertz CT molecular complexity index is 960. The van der Waals surface area contributed by atoms with Crippen molar-refractivity contribution in [3.63, 3.8) is 0 Å². The molecule has 6 nitrogen and oxygen atoms in total. The molecule has 5 rings (SSSR count). The van der Waals surface area contributed by atoms with Gasteiger partial charge in [0.1, 0.15) is 24.4 Å². The number of aliphatic hydroxyl groups excluding tert-OH is 4. The van der Waals surface area contributed by atoms with E-state index in [-0.39, 0.29) is 11.5 Å². The van der Waals surface area contributed by atoms with Crippen LogP contribution in [0.3, 0.4) is 0 Å². The summed E-state index contributed by atoms with van der Waals surface area (Å²) in [5, 5.41) is 40.4. The maximum Gasteiger partial charge on any atom is 0.186 e. The van der Waals surface area contributed by atoms with E-state index in [0.29, 0.717) is 29.1 Å². The van der Waals surface area contributed by atoms with Gasteiger partial charge >= 0.3 is 0 Å². The first-order valence-corrected chi connectivity index (χ1v) is 16.8. The van der Waals surface area contributed by atoms with E-state index in [1.807, 2.05) is 0 Å². The second-order valence-electron chi connectivity index (χ2n) is 15.2. The summed E-state index contributed by atoms with van der Waals surface area (Å²) in [5.41, 5.74) is 2.11. The number of allylic oxidation sites excluding steroid dienone is 3. The molecule has 0 amide bonds. The normalized spacial score (nSPS) is 47.9. The first-order valence-electron chi connectivity index (χ1n) is 16.8. The second-order valence-corrected chi connectivity index (χ2v) is 15.2. The van der Waals surface area contributed by atoms with Crippen molar-refractivity contribution in [3.05, 3.63) is 23.8 Å². The summed E-state index contributed by atoms with van der Waals surface area (Å²) in [7, 11) is 0. The zero-order valence-electron chi connectivity index (χ0n) is 26.4. The highest BCUT2D eigenvalue weighted by atomic mass is 16.7. The quantitative estimate of drug-likeness (QED) is 0.281. The molecule has 0 aromatic carbocycles. The van der Waals surface area contributed by atoms with Gasteiger partial charge in [-0.2, -0.15) is 0 Å². The van der Waals surface area contributed by atoms with Gasteiger partial charge in [0.15, 0.2) is 6.29 Å². The molecule has 12 unspecified atom stereocenters. The van der Waals surface area contributed by atoms with Crippen LogP contribution in [0, 0.1) is 52.3 Å². The van der Waals surface area contributed by atoms with E-state index in [2.05, 4.69) is 59.8 Å². The van der Waals surface area contributed by atoms with Crippen LogP contribution in [0.4, 0.5) is 0 Å². The summed E-state index contributed by atoms with van der Waals surface area (Å²) in [6.45, 7) is 14.2. The molecule has 0 aromatic rings. The number of hydrogen-bond donors (Lipinski definition) is 4. The lowest BCUT2D eigenvalue weighted by molar-refractivity contribution is -0.313. The minimum Gasteiger partial charge on any atom is -0.394 e. The molecule has 234 valence electrons. The zero-order valence-corrected chi connectivity index (χ0v) is 26.4. The van der Waals surface area contributed by atoms with Gasteiger partial charge in [-0.25, -0.2) is 0 Å². The van der Waals surface area contributed by atoms with Crippen LogP contribution in [0.5, 0.6) is 0 Å². The average molecular weight is 575 g/mol. The van der Waals surface area contributed by atoms with Crippen molar-refractivity contribution < 1.29 is 29.9 Å². The number of rotatable bonds is 8. The minimum atomic E-state index is -1.40. The van der Waals surface area contributed by atoms with Crippen LogP contribution in [-0.4, -0.2) is 63.8 Å². The molecule has 3 saturated carbocycles. The summed E-state index contributed by atoms with van der Waals surface area (Å²) < 4.78 is 11.9. The maximum absolute atomic E-state index is 10.5. The van der Waals surface area contributed by atoms with Crippen molar-refractivity contribution in [3.8, 4) is 0 Å². The van der Waals surface area contributed by atoms with Gasteiger partial charge in [0.25, 0.3) is 0 Å². The Morgan fingerprint density at radius 1 is 0.976 bits per heavy atom. The smallest absolute Gasteiger partial charge is 0.186 e. The van der Waals surface area contributed by atoms with E-state index in [1.54, 1.807) is 0 Å².